The first-order valence-corrected chi connectivity index (χ1v) is 6.28. The maximum atomic E-state index is 8.81. The molecule has 0 aliphatic heterocycles. The van der Waals surface area contributed by atoms with E-state index in [2.05, 4.69) is 17.0 Å². The standard InChI is InChI=1S/C16H17N3/c1-13-12-15(8-9-16(13)18)19(11-5-10-17)14-6-3-2-4-7-14/h2-4,6-9,12H,5,11,18H2,1H3. The Hall–Kier alpha value is -2.47. The number of nitriles is 1. The lowest BCUT2D eigenvalue weighted by molar-refractivity contribution is 0.947. The average molecular weight is 251 g/mol. The van der Waals surface area contributed by atoms with Gasteiger partial charge < -0.3 is 10.6 Å². The SMILES string of the molecule is Cc1cc(N(CCC#N)c2ccccc2)ccc1N. The van der Waals surface area contributed by atoms with Gasteiger partial charge in [-0.25, -0.2) is 0 Å². The molecule has 0 aliphatic rings. The fraction of sp³-hybridized carbons (Fsp3) is 0.188. The van der Waals surface area contributed by atoms with E-state index in [1.54, 1.807) is 0 Å². The molecule has 2 N–H and O–H groups in total. The van der Waals surface area contributed by atoms with Crippen LogP contribution in [0.2, 0.25) is 0 Å². The quantitative estimate of drug-likeness (QED) is 0.844. The summed E-state index contributed by atoms with van der Waals surface area (Å²) >= 11 is 0. The molecule has 19 heavy (non-hydrogen) atoms. The van der Waals surface area contributed by atoms with Crippen molar-refractivity contribution in [2.45, 2.75) is 13.3 Å². The molecule has 2 aromatic rings. The van der Waals surface area contributed by atoms with Gasteiger partial charge in [-0.15, -0.1) is 0 Å². The molecule has 3 nitrogen and oxygen atoms in total. The largest absolute Gasteiger partial charge is 0.399 e. The minimum absolute atomic E-state index is 0.484. The summed E-state index contributed by atoms with van der Waals surface area (Å²) in [4.78, 5) is 2.13. The van der Waals surface area contributed by atoms with E-state index in [1.807, 2.05) is 49.4 Å². The number of benzene rings is 2. The second-order valence-corrected chi connectivity index (χ2v) is 4.44. The van der Waals surface area contributed by atoms with Crippen LogP contribution < -0.4 is 10.6 Å². The molecule has 0 unspecified atom stereocenters. The van der Waals surface area contributed by atoms with Gasteiger partial charge in [0.2, 0.25) is 0 Å². The number of nitrogens with two attached hydrogens (primary N) is 1. The summed E-state index contributed by atoms with van der Waals surface area (Å²) in [6.07, 6.45) is 0.484. The smallest absolute Gasteiger partial charge is 0.0640 e. The van der Waals surface area contributed by atoms with Crippen molar-refractivity contribution in [1.29, 1.82) is 5.26 Å². The van der Waals surface area contributed by atoms with E-state index < -0.39 is 0 Å². The Morgan fingerprint density at radius 1 is 1.11 bits per heavy atom. The summed E-state index contributed by atoms with van der Waals surface area (Å²) in [6, 6.07) is 18.2. The van der Waals surface area contributed by atoms with Crippen LogP contribution in [0, 0.1) is 18.3 Å². The van der Waals surface area contributed by atoms with Gasteiger partial charge in [0.05, 0.1) is 12.5 Å². The minimum Gasteiger partial charge on any atom is -0.399 e. The average Bonchev–Trinajstić information content (AvgIpc) is 2.44. The lowest BCUT2D eigenvalue weighted by atomic mass is 10.1. The summed E-state index contributed by atoms with van der Waals surface area (Å²) in [5.74, 6) is 0. The topological polar surface area (TPSA) is 53.0 Å². The lowest BCUT2D eigenvalue weighted by Gasteiger charge is -2.24. The molecule has 0 heterocycles. The zero-order valence-electron chi connectivity index (χ0n) is 11.0. The predicted molar refractivity (Wildman–Crippen MR) is 79.3 cm³/mol. The number of nitrogens with zero attached hydrogens (tertiary/aromatic N) is 2. The maximum absolute atomic E-state index is 8.81. The summed E-state index contributed by atoms with van der Waals surface area (Å²) < 4.78 is 0. The van der Waals surface area contributed by atoms with Gasteiger partial charge in [-0.3, -0.25) is 0 Å². The molecule has 2 rings (SSSR count). The van der Waals surface area contributed by atoms with Crippen molar-refractivity contribution >= 4 is 17.1 Å². The van der Waals surface area contributed by atoms with Gasteiger partial charge in [0.25, 0.3) is 0 Å². The van der Waals surface area contributed by atoms with Gasteiger partial charge in [0, 0.05) is 23.6 Å². The van der Waals surface area contributed by atoms with Crippen molar-refractivity contribution in [3.63, 3.8) is 0 Å². The minimum atomic E-state index is 0.484. The summed E-state index contributed by atoms with van der Waals surface area (Å²) in [5.41, 5.74) is 9.85. The van der Waals surface area contributed by atoms with E-state index in [-0.39, 0.29) is 0 Å². The Labute approximate surface area is 113 Å². The molecule has 0 aliphatic carbocycles. The number of anilines is 3. The van der Waals surface area contributed by atoms with Crippen molar-refractivity contribution in [2.75, 3.05) is 17.2 Å². The molecule has 0 fully saturated rings. The van der Waals surface area contributed by atoms with Crippen LogP contribution in [-0.2, 0) is 0 Å². The van der Waals surface area contributed by atoms with Crippen LogP contribution >= 0.6 is 0 Å². The molecule has 0 aromatic heterocycles. The maximum Gasteiger partial charge on any atom is 0.0640 e. The molecular weight excluding hydrogens is 234 g/mol. The first kappa shape index (κ1) is 13.0. The zero-order valence-corrected chi connectivity index (χ0v) is 11.0. The highest BCUT2D eigenvalue weighted by Crippen LogP contribution is 2.27. The lowest BCUT2D eigenvalue weighted by Crippen LogP contribution is -2.18. The number of rotatable bonds is 4. The van der Waals surface area contributed by atoms with Gasteiger partial charge in [-0.1, -0.05) is 18.2 Å². The fourth-order valence-electron chi connectivity index (χ4n) is 2.00. The van der Waals surface area contributed by atoms with Crippen LogP contribution in [0.5, 0.6) is 0 Å². The summed E-state index contributed by atoms with van der Waals surface area (Å²) in [7, 11) is 0. The van der Waals surface area contributed by atoms with Crippen LogP contribution in [0.25, 0.3) is 0 Å². The van der Waals surface area contributed by atoms with E-state index in [9.17, 15) is 0 Å². The first-order valence-electron chi connectivity index (χ1n) is 6.28. The molecule has 0 atom stereocenters. The number of hydrogen-bond acceptors (Lipinski definition) is 3. The number of hydrogen-bond donors (Lipinski definition) is 1. The van der Waals surface area contributed by atoms with E-state index in [0.29, 0.717) is 13.0 Å². The van der Waals surface area contributed by atoms with E-state index in [4.69, 9.17) is 11.0 Å². The monoisotopic (exact) mass is 251 g/mol. The molecule has 2 aromatic carbocycles. The molecule has 0 bridgehead atoms. The molecule has 0 radical (unpaired) electrons. The molecule has 3 heteroatoms. The molecule has 0 spiro atoms. The predicted octanol–water partition coefficient (Wildman–Crippen LogP) is 3.63. The molecule has 0 saturated carbocycles. The molecular formula is C16H17N3. The Morgan fingerprint density at radius 3 is 2.47 bits per heavy atom. The third-order valence-electron chi connectivity index (χ3n) is 3.08. The molecule has 96 valence electrons. The van der Waals surface area contributed by atoms with Crippen molar-refractivity contribution in [3.05, 3.63) is 54.1 Å². The van der Waals surface area contributed by atoms with Gasteiger partial charge in [0.15, 0.2) is 0 Å². The highest BCUT2D eigenvalue weighted by atomic mass is 15.1. The second kappa shape index (κ2) is 5.92. The Balaban J connectivity index is 2.37. The van der Waals surface area contributed by atoms with Gasteiger partial charge >= 0.3 is 0 Å². The first-order chi connectivity index (χ1) is 9.22. The van der Waals surface area contributed by atoms with E-state index in [1.165, 1.54) is 0 Å². The van der Waals surface area contributed by atoms with Crippen LogP contribution in [0.1, 0.15) is 12.0 Å². The van der Waals surface area contributed by atoms with Crippen LogP contribution in [0.3, 0.4) is 0 Å². The third kappa shape index (κ3) is 3.05. The molecule has 0 saturated heterocycles. The number of para-hydroxylation sites is 1. The van der Waals surface area contributed by atoms with E-state index in [0.717, 1.165) is 22.6 Å². The van der Waals surface area contributed by atoms with Gasteiger partial charge in [-0.05, 0) is 42.8 Å². The van der Waals surface area contributed by atoms with E-state index >= 15 is 0 Å². The van der Waals surface area contributed by atoms with Gasteiger partial charge in [0.1, 0.15) is 0 Å². The fourth-order valence-corrected chi connectivity index (χ4v) is 2.00. The highest BCUT2D eigenvalue weighted by Gasteiger charge is 2.09. The Bertz CT molecular complexity index is 585. The van der Waals surface area contributed by atoms with Crippen LogP contribution in [-0.4, -0.2) is 6.54 Å². The highest BCUT2D eigenvalue weighted by molar-refractivity contribution is 5.66. The van der Waals surface area contributed by atoms with Crippen molar-refractivity contribution in [3.8, 4) is 6.07 Å². The van der Waals surface area contributed by atoms with Gasteiger partial charge in [-0.2, -0.15) is 5.26 Å². The second-order valence-electron chi connectivity index (χ2n) is 4.44. The van der Waals surface area contributed by atoms with Crippen molar-refractivity contribution < 1.29 is 0 Å². The Kier molecular flexibility index (Phi) is 4.04. The van der Waals surface area contributed by atoms with Crippen LogP contribution in [0.4, 0.5) is 17.1 Å². The Morgan fingerprint density at radius 2 is 1.84 bits per heavy atom. The van der Waals surface area contributed by atoms with Crippen LogP contribution in [0.15, 0.2) is 48.5 Å². The zero-order chi connectivity index (χ0) is 13.7. The summed E-state index contributed by atoms with van der Waals surface area (Å²) in [6.45, 7) is 2.66. The molecule has 0 amide bonds. The van der Waals surface area contributed by atoms with Crippen molar-refractivity contribution in [1.82, 2.24) is 0 Å². The summed E-state index contributed by atoms with van der Waals surface area (Å²) in [5, 5.41) is 8.81. The third-order valence-corrected chi connectivity index (χ3v) is 3.08. The number of nitrogen functional groups attached to an aromatic ring is 1. The number of aryl methyl sites for hydroxylation is 1. The normalized spacial score (nSPS) is 9.89. The van der Waals surface area contributed by atoms with Crippen molar-refractivity contribution in [2.24, 2.45) is 0 Å².